The van der Waals surface area contributed by atoms with Crippen LogP contribution in [0, 0.1) is 0 Å². The van der Waals surface area contributed by atoms with Crippen LogP contribution in [0.3, 0.4) is 0 Å². The van der Waals surface area contributed by atoms with Gasteiger partial charge < -0.3 is 15.5 Å². The molecule has 2 aromatic heterocycles. The van der Waals surface area contributed by atoms with Crippen molar-refractivity contribution in [3.05, 3.63) is 35.9 Å². The Labute approximate surface area is 120 Å². The quantitative estimate of drug-likeness (QED) is 0.885. The van der Waals surface area contributed by atoms with E-state index in [0.29, 0.717) is 6.54 Å². The van der Waals surface area contributed by atoms with Gasteiger partial charge in [0.05, 0.1) is 11.7 Å². The van der Waals surface area contributed by atoms with Crippen LogP contribution in [-0.2, 0) is 13.0 Å². The highest BCUT2D eigenvalue weighted by Crippen LogP contribution is 2.12. The predicted molar refractivity (Wildman–Crippen MR) is 80.7 cm³/mol. The van der Waals surface area contributed by atoms with Crippen molar-refractivity contribution in [3.63, 3.8) is 0 Å². The molecule has 0 radical (unpaired) electrons. The van der Waals surface area contributed by atoms with Gasteiger partial charge in [-0.05, 0) is 19.2 Å². The number of hydrogen-bond acceptors (Lipinski definition) is 4. The van der Waals surface area contributed by atoms with E-state index in [9.17, 15) is 0 Å². The SMILES string of the molecule is CN1CCN(CCc2ncc3cccc(CN)n23)CC1. The molecule has 3 rings (SSSR count). The lowest BCUT2D eigenvalue weighted by atomic mass is 10.2. The first-order chi connectivity index (χ1) is 9.78. The smallest absolute Gasteiger partial charge is 0.114 e. The highest BCUT2D eigenvalue weighted by molar-refractivity contribution is 5.47. The average molecular weight is 273 g/mol. The maximum absolute atomic E-state index is 5.83. The molecule has 1 saturated heterocycles. The molecule has 2 aromatic rings. The number of aromatic nitrogens is 2. The number of nitrogens with two attached hydrogens (primary N) is 1. The van der Waals surface area contributed by atoms with E-state index in [1.54, 1.807) is 0 Å². The van der Waals surface area contributed by atoms with Gasteiger partial charge in [0.1, 0.15) is 5.82 Å². The third-order valence-electron chi connectivity index (χ3n) is 4.16. The normalized spacial score (nSPS) is 17.9. The molecule has 108 valence electrons. The molecule has 0 atom stereocenters. The summed E-state index contributed by atoms with van der Waals surface area (Å²) in [5.74, 6) is 1.12. The molecule has 20 heavy (non-hydrogen) atoms. The molecule has 1 aliphatic rings. The molecule has 5 nitrogen and oxygen atoms in total. The second-order valence-corrected chi connectivity index (χ2v) is 5.55. The molecule has 0 spiro atoms. The molecule has 1 fully saturated rings. The lowest BCUT2D eigenvalue weighted by Crippen LogP contribution is -2.45. The van der Waals surface area contributed by atoms with Gasteiger partial charge in [0.15, 0.2) is 0 Å². The fourth-order valence-electron chi connectivity index (χ4n) is 2.85. The average Bonchev–Trinajstić information content (AvgIpc) is 2.90. The second-order valence-electron chi connectivity index (χ2n) is 5.55. The van der Waals surface area contributed by atoms with E-state index in [-0.39, 0.29) is 0 Å². The highest BCUT2D eigenvalue weighted by atomic mass is 15.2. The number of likely N-dealkylation sites (N-methyl/N-ethyl adjacent to an activating group) is 1. The van der Waals surface area contributed by atoms with Gasteiger partial charge in [-0.1, -0.05) is 6.07 Å². The van der Waals surface area contributed by atoms with Crippen molar-refractivity contribution in [1.29, 1.82) is 0 Å². The number of pyridine rings is 1. The summed E-state index contributed by atoms with van der Waals surface area (Å²) in [7, 11) is 2.19. The van der Waals surface area contributed by atoms with E-state index < -0.39 is 0 Å². The Balaban J connectivity index is 1.71. The molecule has 5 heteroatoms. The van der Waals surface area contributed by atoms with Crippen molar-refractivity contribution in [2.45, 2.75) is 13.0 Å². The van der Waals surface area contributed by atoms with Crippen LogP contribution < -0.4 is 5.73 Å². The maximum atomic E-state index is 5.83. The molecular formula is C15H23N5. The van der Waals surface area contributed by atoms with Gasteiger partial charge in [0.25, 0.3) is 0 Å². The third-order valence-corrected chi connectivity index (χ3v) is 4.16. The Hall–Kier alpha value is -1.43. The van der Waals surface area contributed by atoms with Crippen molar-refractivity contribution in [2.75, 3.05) is 39.8 Å². The first kappa shape index (κ1) is 13.5. The Bertz CT molecular complexity index is 569. The largest absolute Gasteiger partial charge is 0.325 e. The molecule has 0 aliphatic carbocycles. The fourth-order valence-corrected chi connectivity index (χ4v) is 2.85. The standard InChI is InChI=1S/C15H23N5/c1-18-7-9-19(10-8-18)6-5-15-17-12-14-4-2-3-13(11-16)20(14)15/h2-4,12H,5-11,16H2,1H3. The van der Waals surface area contributed by atoms with Gasteiger partial charge in [0.2, 0.25) is 0 Å². The zero-order chi connectivity index (χ0) is 13.9. The molecule has 0 aromatic carbocycles. The Morgan fingerprint density at radius 2 is 2.00 bits per heavy atom. The molecule has 0 saturated carbocycles. The summed E-state index contributed by atoms with van der Waals surface area (Å²) in [6.07, 6.45) is 2.92. The van der Waals surface area contributed by atoms with Crippen molar-refractivity contribution in [3.8, 4) is 0 Å². The minimum atomic E-state index is 0.551. The van der Waals surface area contributed by atoms with Gasteiger partial charge in [0, 0.05) is 51.4 Å². The van der Waals surface area contributed by atoms with Gasteiger partial charge in [-0.2, -0.15) is 0 Å². The van der Waals surface area contributed by atoms with Crippen molar-refractivity contribution >= 4 is 5.52 Å². The third kappa shape index (κ3) is 2.70. The maximum Gasteiger partial charge on any atom is 0.114 e. The van der Waals surface area contributed by atoms with Crippen LogP contribution in [0.25, 0.3) is 5.52 Å². The first-order valence-electron chi connectivity index (χ1n) is 7.33. The van der Waals surface area contributed by atoms with E-state index in [2.05, 4.69) is 38.4 Å². The molecule has 0 bridgehead atoms. The minimum Gasteiger partial charge on any atom is -0.325 e. The first-order valence-corrected chi connectivity index (χ1v) is 7.33. The predicted octanol–water partition coefficient (Wildman–Crippen LogP) is 0.583. The molecular weight excluding hydrogens is 250 g/mol. The monoisotopic (exact) mass is 273 g/mol. The van der Waals surface area contributed by atoms with Gasteiger partial charge in [-0.25, -0.2) is 4.98 Å². The summed E-state index contributed by atoms with van der Waals surface area (Å²) in [6, 6.07) is 6.21. The molecule has 3 heterocycles. The Morgan fingerprint density at radius 3 is 2.75 bits per heavy atom. The van der Waals surface area contributed by atoms with Crippen LogP contribution in [-0.4, -0.2) is 59.0 Å². The van der Waals surface area contributed by atoms with E-state index in [0.717, 1.165) is 56.2 Å². The van der Waals surface area contributed by atoms with Gasteiger partial charge in [-0.15, -0.1) is 0 Å². The van der Waals surface area contributed by atoms with Crippen LogP contribution in [0.4, 0.5) is 0 Å². The lowest BCUT2D eigenvalue weighted by Gasteiger charge is -2.32. The van der Waals surface area contributed by atoms with Crippen LogP contribution in [0.5, 0.6) is 0 Å². The van der Waals surface area contributed by atoms with E-state index in [1.807, 2.05) is 12.3 Å². The number of nitrogens with zero attached hydrogens (tertiary/aromatic N) is 4. The number of hydrogen-bond donors (Lipinski definition) is 1. The molecule has 2 N–H and O–H groups in total. The van der Waals surface area contributed by atoms with Gasteiger partial charge >= 0.3 is 0 Å². The second kappa shape index (κ2) is 5.91. The number of piperazine rings is 1. The van der Waals surface area contributed by atoms with Crippen LogP contribution >= 0.6 is 0 Å². The fraction of sp³-hybridized carbons (Fsp3) is 0.533. The molecule has 0 unspecified atom stereocenters. The lowest BCUT2D eigenvalue weighted by molar-refractivity contribution is 0.155. The zero-order valence-electron chi connectivity index (χ0n) is 12.1. The van der Waals surface area contributed by atoms with Gasteiger partial charge in [-0.3, -0.25) is 4.40 Å². The highest BCUT2D eigenvalue weighted by Gasteiger charge is 2.14. The zero-order valence-corrected chi connectivity index (χ0v) is 12.1. The summed E-state index contributed by atoms with van der Waals surface area (Å²) in [5, 5.41) is 0. The van der Waals surface area contributed by atoms with Crippen LogP contribution in [0.2, 0.25) is 0 Å². The number of rotatable bonds is 4. The summed E-state index contributed by atoms with van der Waals surface area (Å²) < 4.78 is 2.20. The van der Waals surface area contributed by atoms with E-state index in [4.69, 9.17) is 5.73 Å². The Kier molecular flexibility index (Phi) is 4.00. The number of imidazole rings is 1. The van der Waals surface area contributed by atoms with Crippen LogP contribution in [0.1, 0.15) is 11.5 Å². The topological polar surface area (TPSA) is 49.8 Å². The summed E-state index contributed by atoms with van der Waals surface area (Å²) in [5.41, 5.74) is 8.11. The van der Waals surface area contributed by atoms with Crippen molar-refractivity contribution in [1.82, 2.24) is 19.2 Å². The summed E-state index contributed by atoms with van der Waals surface area (Å²) in [6.45, 7) is 6.26. The van der Waals surface area contributed by atoms with Crippen LogP contribution in [0.15, 0.2) is 24.4 Å². The van der Waals surface area contributed by atoms with E-state index in [1.165, 1.54) is 0 Å². The Morgan fingerprint density at radius 1 is 1.20 bits per heavy atom. The molecule has 0 amide bonds. The molecule has 1 aliphatic heterocycles. The number of fused-ring (bicyclic) bond motifs is 1. The minimum absolute atomic E-state index is 0.551. The van der Waals surface area contributed by atoms with Crippen molar-refractivity contribution < 1.29 is 0 Å². The van der Waals surface area contributed by atoms with E-state index >= 15 is 0 Å². The summed E-state index contributed by atoms with van der Waals surface area (Å²) in [4.78, 5) is 9.48. The van der Waals surface area contributed by atoms with Crippen molar-refractivity contribution in [2.24, 2.45) is 5.73 Å². The summed E-state index contributed by atoms with van der Waals surface area (Å²) >= 11 is 0.